The van der Waals surface area contributed by atoms with Gasteiger partial charge in [-0.3, -0.25) is 0 Å². The van der Waals surface area contributed by atoms with Crippen molar-refractivity contribution < 1.29 is 0 Å². The maximum Gasteiger partial charge on any atom is 0.0713 e. The molecule has 1 heteroatoms. The number of thiophene rings is 1. The molecule has 12 rings (SSSR count). The van der Waals surface area contributed by atoms with Crippen LogP contribution in [0.25, 0.3) is 75.5 Å². The number of benzene rings is 9. The van der Waals surface area contributed by atoms with E-state index in [2.05, 4.69) is 225 Å². The minimum absolute atomic E-state index is 0.418. The molecule has 288 valence electrons. The van der Waals surface area contributed by atoms with Crippen molar-refractivity contribution in [1.29, 1.82) is 0 Å². The first-order chi connectivity index (χ1) is 30.1. The zero-order valence-corrected chi connectivity index (χ0v) is 34.8. The van der Waals surface area contributed by atoms with Gasteiger partial charge in [0.25, 0.3) is 0 Å². The van der Waals surface area contributed by atoms with Gasteiger partial charge in [-0.2, -0.15) is 0 Å². The molecule has 0 saturated heterocycles. The molecule has 0 spiro atoms. The molecule has 1 heterocycles. The summed E-state index contributed by atoms with van der Waals surface area (Å²) in [5.74, 6) is 0.418. The molecule has 0 fully saturated rings. The van der Waals surface area contributed by atoms with E-state index < -0.39 is 5.41 Å². The third-order valence-corrected chi connectivity index (χ3v) is 14.4. The largest absolute Gasteiger partial charge is 0.135 e. The van der Waals surface area contributed by atoms with E-state index in [4.69, 9.17) is 0 Å². The Morgan fingerprint density at radius 3 is 1.84 bits per heavy atom. The maximum atomic E-state index is 2.53. The summed E-state index contributed by atoms with van der Waals surface area (Å²) < 4.78 is 2.63. The van der Waals surface area contributed by atoms with E-state index in [9.17, 15) is 0 Å². The molecule has 0 amide bonds. The molecule has 2 aliphatic carbocycles. The molecular formula is C60H42S. The second-order valence-electron chi connectivity index (χ2n) is 16.8. The van der Waals surface area contributed by atoms with Crippen molar-refractivity contribution in [1.82, 2.24) is 0 Å². The fraction of sp³-hybridized carbons (Fsp3) is 0.0667. The highest BCUT2D eigenvalue weighted by atomic mass is 32.1. The van der Waals surface area contributed by atoms with Crippen LogP contribution in [0.5, 0.6) is 0 Å². The van der Waals surface area contributed by atoms with Crippen LogP contribution in [0.2, 0.25) is 0 Å². The minimum Gasteiger partial charge on any atom is -0.135 e. The fourth-order valence-corrected chi connectivity index (χ4v) is 11.6. The number of hydrogen-bond donors (Lipinski definition) is 0. The van der Waals surface area contributed by atoms with Gasteiger partial charge in [-0.25, -0.2) is 0 Å². The predicted octanol–water partition coefficient (Wildman–Crippen LogP) is 16.4. The lowest BCUT2D eigenvalue weighted by Crippen LogP contribution is -2.28. The Balaban J connectivity index is 1.07. The molecule has 0 radical (unpaired) electrons. The summed E-state index contributed by atoms with van der Waals surface area (Å²) in [5.41, 5.74) is 17.6. The van der Waals surface area contributed by atoms with E-state index in [1.165, 1.54) is 109 Å². The first-order valence-corrected chi connectivity index (χ1v) is 22.3. The van der Waals surface area contributed by atoms with Gasteiger partial charge in [-0.05, 0) is 143 Å². The summed E-state index contributed by atoms with van der Waals surface area (Å²) in [7, 11) is 0. The van der Waals surface area contributed by atoms with Gasteiger partial charge in [0, 0.05) is 20.2 Å². The summed E-state index contributed by atoms with van der Waals surface area (Å²) in [5, 5.41) is 5.17. The van der Waals surface area contributed by atoms with Crippen molar-refractivity contribution in [2.75, 3.05) is 0 Å². The van der Waals surface area contributed by atoms with Crippen LogP contribution in [0.4, 0.5) is 0 Å². The summed E-state index contributed by atoms with van der Waals surface area (Å²) in [6, 6.07) is 77.2. The molecule has 10 aromatic rings. The van der Waals surface area contributed by atoms with Crippen molar-refractivity contribution in [3.05, 3.63) is 252 Å². The van der Waals surface area contributed by atoms with E-state index in [0.717, 1.165) is 6.42 Å². The zero-order chi connectivity index (χ0) is 40.5. The quantitative estimate of drug-likeness (QED) is 0.157. The minimum atomic E-state index is -0.451. The highest BCUT2D eigenvalue weighted by molar-refractivity contribution is 7.25. The van der Waals surface area contributed by atoms with E-state index in [1.807, 2.05) is 11.3 Å². The molecular weight excluding hydrogens is 753 g/mol. The average Bonchev–Trinajstić information content (AvgIpc) is 3.85. The normalized spacial score (nSPS) is 15.4. The molecule has 1 atom stereocenters. The Hall–Kier alpha value is -7.06. The van der Waals surface area contributed by atoms with Crippen molar-refractivity contribution >= 4 is 53.4 Å². The second-order valence-corrected chi connectivity index (χ2v) is 17.9. The fourth-order valence-electron chi connectivity index (χ4n) is 10.5. The molecule has 1 aromatic heterocycles. The summed E-state index contributed by atoms with van der Waals surface area (Å²) in [6.45, 7) is 2.35. The lowest BCUT2D eigenvalue weighted by atomic mass is 9.67. The zero-order valence-electron chi connectivity index (χ0n) is 34.0. The van der Waals surface area contributed by atoms with Gasteiger partial charge < -0.3 is 0 Å². The van der Waals surface area contributed by atoms with E-state index in [0.29, 0.717) is 5.92 Å². The second kappa shape index (κ2) is 14.3. The summed E-state index contributed by atoms with van der Waals surface area (Å²) in [4.78, 5) is 0. The number of rotatable bonds is 6. The highest BCUT2D eigenvalue weighted by Gasteiger charge is 2.46. The first kappa shape index (κ1) is 35.8. The SMILES string of the molecule is CC1C=C(c2cc(-c3ccccc3)cc(-c3ccc4ccccc4c3)c2)C(c2cccc3sc4ccc(C5(c6ccccc6)c6ccccc6-c6ccccc65)cc4c23)=CC1. The molecule has 0 N–H and O–H groups in total. The smallest absolute Gasteiger partial charge is 0.0713 e. The van der Waals surface area contributed by atoms with Gasteiger partial charge in [0.2, 0.25) is 0 Å². The number of fused-ring (bicyclic) bond motifs is 7. The van der Waals surface area contributed by atoms with Gasteiger partial charge in [0.1, 0.15) is 0 Å². The van der Waals surface area contributed by atoms with Crippen LogP contribution in [0.3, 0.4) is 0 Å². The van der Waals surface area contributed by atoms with Crippen LogP contribution >= 0.6 is 11.3 Å². The van der Waals surface area contributed by atoms with Crippen molar-refractivity contribution in [2.45, 2.75) is 18.8 Å². The van der Waals surface area contributed by atoms with Gasteiger partial charge in [-0.1, -0.05) is 183 Å². The van der Waals surface area contributed by atoms with Gasteiger partial charge in [0.15, 0.2) is 0 Å². The van der Waals surface area contributed by atoms with Crippen LogP contribution < -0.4 is 0 Å². The van der Waals surface area contributed by atoms with Crippen LogP contribution in [-0.2, 0) is 5.41 Å². The van der Waals surface area contributed by atoms with Crippen molar-refractivity contribution in [3.63, 3.8) is 0 Å². The van der Waals surface area contributed by atoms with Crippen LogP contribution in [-0.4, -0.2) is 0 Å². The molecule has 2 aliphatic rings. The third kappa shape index (κ3) is 5.72. The third-order valence-electron chi connectivity index (χ3n) is 13.2. The first-order valence-electron chi connectivity index (χ1n) is 21.5. The van der Waals surface area contributed by atoms with E-state index in [1.54, 1.807) is 0 Å². The molecule has 0 bridgehead atoms. The van der Waals surface area contributed by atoms with E-state index >= 15 is 0 Å². The van der Waals surface area contributed by atoms with Crippen LogP contribution in [0, 0.1) is 5.92 Å². The van der Waals surface area contributed by atoms with Gasteiger partial charge >= 0.3 is 0 Å². The standard InChI is InChI=1S/C60H42S/c1-39-27-31-49(53(33-39)46-36-44(40-15-4-2-5-16-40)35-45(37-46)43-29-28-41-17-8-9-18-42(41)34-43)52-23-14-26-58-59(52)54-38-48(30-32-57(54)61-58)60(47-19-6-3-7-20-47)55-24-12-10-21-50(55)51-22-11-13-25-56(51)60/h2-26,28-39H,27H2,1H3. The predicted molar refractivity (Wildman–Crippen MR) is 261 cm³/mol. The Bertz CT molecular complexity index is 3350. The van der Waals surface area contributed by atoms with Gasteiger partial charge in [-0.15, -0.1) is 11.3 Å². The monoisotopic (exact) mass is 794 g/mol. The Morgan fingerprint density at radius 2 is 1.07 bits per heavy atom. The van der Waals surface area contributed by atoms with E-state index in [-0.39, 0.29) is 0 Å². The Labute approximate surface area is 361 Å². The lowest BCUT2D eigenvalue weighted by Gasteiger charge is -2.34. The average molecular weight is 795 g/mol. The number of hydrogen-bond acceptors (Lipinski definition) is 1. The molecule has 0 nitrogen and oxygen atoms in total. The summed E-state index contributed by atoms with van der Waals surface area (Å²) >= 11 is 1.91. The highest BCUT2D eigenvalue weighted by Crippen LogP contribution is 2.57. The topological polar surface area (TPSA) is 0 Å². The van der Waals surface area contributed by atoms with Crippen LogP contribution in [0.1, 0.15) is 46.7 Å². The van der Waals surface area contributed by atoms with Crippen molar-refractivity contribution in [2.24, 2.45) is 5.92 Å². The molecule has 61 heavy (non-hydrogen) atoms. The van der Waals surface area contributed by atoms with Crippen LogP contribution in [0.15, 0.2) is 218 Å². The maximum absolute atomic E-state index is 2.53. The van der Waals surface area contributed by atoms with Gasteiger partial charge in [0.05, 0.1) is 5.41 Å². The Morgan fingerprint density at radius 1 is 0.426 bits per heavy atom. The summed E-state index contributed by atoms with van der Waals surface area (Å²) in [6.07, 6.45) is 6.05. The Kier molecular flexibility index (Phi) is 8.40. The lowest BCUT2D eigenvalue weighted by molar-refractivity contribution is 0.742. The molecule has 0 aliphatic heterocycles. The van der Waals surface area contributed by atoms with Crippen molar-refractivity contribution in [3.8, 4) is 33.4 Å². The molecule has 0 saturated carbocycles. The number of allylic oxidation sites excluding steroid dienone is 4. The molecule has 1 unspecified atom stereocenters. The molecule has 9 aromatic carbocycles.